The van der Waals surface area contributed by atoms with Gasteiger partial charge in [-0.2, -0.15) is 0 Å². The van der Waals surface area contributed by atoms with Gasteiger partial charge in [-0.1, -0.05) is 19.0 Å². The number of aromatic nitrogens is 3. The Morgan fingerprint density at radius 1 is 1.33 bits per heavy atom. The second-order valence-corrected chi connectivity index (χ2v) is 2.95. The van der Waals surface area contributed by atoms with Crippen LogP contribution in [0.4, 0.5) is 0 Å². The summed E-state index contributed by atoms with van der Waals surface area (Å²) in [6.07, 6.45) is 3.14. The Kier molecular flexibility index (Phi) is 1.53. The van der Waals surface area contributed by atoms with E-state index in [1.807, 2.05) is 0 Å². The Balaban J connectivity index is 2.73. The zero-order valence-electron chi connectivity index (χ0n) is 6.98. The number of rotatable bonds is 1. The van der Waals surface area contributed by atoms with E-state index in [1.165, 1.54) is 6.33 Å². The summed E-state index contributed by atoms with van der Waals surface area (Å²) < 4.78 is 5.04. The van der Waals surface area contributed by atoms with Gasteiger partial charge < -0.3 is 4.52 Å². The predicted octanol–water partition coefficient (Wildman–Crippen LogP) is 1.74. The van der Waals surface area contributed by atoms with Gasteiger partial charge in [-0.15, -0.1) is 0 Å². The number of nitrogens with zero attached hydrogens (tertiary/aromatic N) is 3. The van der Waals surface area contributed by atoms with E-state index < -0.39 is 0 Å². The highest BCUT2D eigenvalue weighted by molar-refractivity contribution is 5.73. The molecule has 2 heterocycles. The van der Waals surface area contributed by atoms with Crippen LogP contribution in [0.3, 0.4) is 0 Å². The maximum Gasteiger partial charge on any atom is 0.206 e. The molecule has 0 saturated carbocycles. The zero-order valence-corrected chi connectivity index (χ0v) is 6.98. The fourth-order valence-electron chi connectivity index (χ4n) is 1.13. The fourth-order valence-corrected chi connectivity index (χ4v) is 1.13. The van der Waals surface area contributed by atoms with Crippen LogP contribution in [0.2, 0.25) is 0 Å². The van der Waals surface area contributed by atoms with Crippen LogP contribution in [0.5, 0.6) is 0 Å². The molecule has 0 radical (unpaired) electrons. The summed E-state index contributed by atoms with van der Waals surface area (Å²) in [6.45, 7) is 4.12. The molecule has 62 valence electrons. The summed E-state index contributed by atoms with van der Waals surface area (Å²) in [7, 11) is 0. The third-order valence-corrected chi connectivity index (χ3v) is 1.72. The van der Waals surface area contributed by atoms with E-state index in [4.69, 9.17) is 4.52 Å². The average molecular weight is 163 g/mol. The van der Waals surface area contributed by atoms with Crippen molar-refractivity contribution in [3.8, 4) is 0 Å². The quantitative estimate of drug-likeness (QED) is 0.642. The van der Waals surface area contributed by atoms with Crippen molar-refractivity contribution < 1.29 is 4.52 Å². The second-order valence-electron chi connectivity index (χ2n) is 2.95. The van der Waals surface area contributed by atoms with Crippen LogP contribution in [-0.4, -0.2) is 15.1 Å². The summed E-state index contributed by atoms with van der Waals surface area (Å²) in [4.78, 5) is 8.15. The van der Waals surface area contributed by atoms with Gasteiger partial charge in [0.1, 0.15) is 11.8 Å². The molecule has 0 aromatic carbocycles. The van der Waals surface area contributed by atoms with Crippen molar-refractivity contribution in [1.82, 2.24) is 15.1 Å². The lowest BCUT2D eigenvalue weighted by atomic mass is 10.1. The highest BCUT2D eigenvalue weighted by atomic mass is 16.5. The monoisotopic (exact) mass is 163 g/mol. The Morgan fingerprint density at radius 3 is 2.92 bits per heavy atom. The molecule has 12 heavy (non-hydrogen) atoms. The summed E-state index contributed by atoms with van der Waals surface area (Å²) in [5.41, 5.74) is 2.39. The highest BCUT2D eigenvalue weighted by Gasteiger charge is 2.10. The average Bonchev–Trinajstić information content (AvgIpc) is 2.49. The van der Waals surface area contributed by atoms with Crippen molar-refractivity contribution in [2.75, 3.05) is 0 Å². The van der Waals surface area contributed by atoms with Crippen LogP contribution in [0.15, 0.2) is 17.0 Å². The molecule has 0 fully saturated rings. The lowest BCUT2D eigenvalue weighted by Gasteiger charge is -2.01. The summed E-state index contributed by atoms with van der Waals surface area (Å²) >= 11 is 0. The van der Waals surface area contributed by atoms with E-state index in [-0.39, 0.29) is 0 Å². The van der Waals surface area contributed by atoms with Gasteiger partial charge in [-0.3, -0.25) is 0 Å². The van der Waals surface area contributed by atoms with Gasteiger partial charge in [-0.05, 0) is 5.92 Å². The lowest BCUT2D eigenvalue weighted by Crippen LogP contribution is -1.93. The topological polar surface area (TPSA) is 51.8 Å². The van der Waals surface area contributed by atoms with E-state index in [2.05, 4.69) is 29.0 Å². The molecule has 4 nitrogen and oxygen atoms in total. The second kappa shape index (κ2) is 2.55. The van der Waals surface area contributed by atoms with Gasteiger partial charge >= 0.3 is 0 Å². The van der Waals surface area contributed by atoms with E-state index in [1.54, 1.807) is 6.20 Å². The minimum Gasteiger partial charge on any atom is -0.353 e. The van der Waals surface area contributed by atoms with Gasteiger partial charge in [0.2, 0.25) is 5.58 Å². The van der Waals surface area contributed by atoms with Crippen LogP contribution in [-0.2, 0) is 0 Å². The third kappa shape index (κ3) is 0.958. The smallest absolute Gasteiger partial charge is 0.206 e. The van der Waals surface area contributed by atoms with Crippen molar-refractivity contribution in [2.45, 2.75) is 19.8 Å². The normalized spacial score (nSPS) is 11.2. The maximum absolute atomic E-state index is 5.04. The van der Waals surface area contributed by atoms with E-state index >= 15 is 0 Å². The molecule has 4 heteroatoms. The van der Waals surface area contributed by atoms with Crippen molar-refractivity contribution >= 4 is 11.1 Å². The van der Waals surface area contributed by atoms with Crippen LogP contribution in [0.1, 0.15) is 25.5 Å². The molecule has 2 aromatic heterocycles. The first kappa shape index (κ1) is 7.21. The molecule has 0 unspecified atom stereocenters. The molecule has 0 atom stereocenters. The molecule has 0 saturated heterocycles. The molecule has 0 spiro atoms. The SMILES string of the molecule is CC(C)c1ncnc2cnoc12. The van der Waals surface area contributed by atoms with Gasteiger partial charge in [0.05, 0.1) is 11.9 Å². The highest BCUT2D eigenvalue weighted by Crippen LogP contribution is 2.20. The molecule has 2 aromatic rings. The van der Waals surface area contributed by atoms with Crippen molar-refractivity contribution in [3.63, 3.8) is 0 Å². The molecule has 0 amide bonds. The van der Waals surface area contributed by atoms with Gasteiger partial charge in [0, 0.05) is 0 Å². The maximum atomic E-state index is 5.04. The van der Waals surface area contributed by atoms with Crippen molar-refractivity contribution in [1.29, 1.82) is 0 Å². The molecule has 0 aliphatic heterocycles. The molecule has 0 N–H and O–H groups in total. The van der Waals surface area contributed by atoms with Crippen molar-refractivity contribution in [2.24, 2.45) is 0 Å². The fraction of sp³-hybridized carbons (Fsp3) is 0.375. The Labute approximate surface area is 69.6 Å². The Hall–Kier alpha value is -1.45. The first-order valence-electron chi connectivity index (χ1n) is 3.84. The molecule has 2 rings (SSSR count). The number of hydrogen-bond donors (Lipinski definition) is 0. The first-order valence-corrected chi connectivity index (χ1v) is 3.84. The van der Waals surface area contributed by atoms with Crippen LogP contribution in [0.25, 0.3) is 11.1 Å². The summed E-state index contributed by atoms with van der Waals surface area (Å²) in [5.74, 6) is 0.337. The van der Waals surface area contributed by atoms with Crippen LogP contribution >= 0.6 is 0 Å². The molecule has 0 aliphatic rings. The molecule has 0 bridgehead atoms. The zero-order chi connectivity index (χ0) is 8.55. The summed E-state index contributed by atoms with van der Waals surface area (Å²) in [5, 5.41) is 3.67. The first-order chi connectivity index (χ1) is 5.79. The van der Waals surface area contributed by atoms with Crippen molar-refractivity contribution in [3.05, 3.63) is 18.2 Å². The predicted molar refractivity (Wildman–Crippen MR) is 43.7 cm³/mol. The van der Waals surface area contributed by atoms with Crippen LogP contribution in [0, 0.1) is 0 Å². The van der Waals surface area contributed by atoms with E-state index in [0.717, 1.165) is 11.2 Å². The molecular weight excluding hydrogens is 154 g/mol. The standard InChI is InChI=1S/C8H9N3O/c1-5(2)7-8-6(3-11-12-8)9-4-10-7/h3-5H,1-2H3. The van der Waals surface area contributed by atoms with Gasteiger partial charge in [-0.25, -0.2) is 9.97 Å². The number of hydrogen-bond acceptors (Lipinski definition) is 4. The number of fused-ring (bicyclic) bond motifs is 1. The minimum absolute atomic E-state index is 0.337. The summed E-state index contributed by atoms with van der Waals surface area (Å²) in [6, 6.07) is 0. The largest absolute Gasteiger partial charge is 0.353 e. The Bertz CT molecular complexity index is 394. The third-order valence-electron chi connectivity index (χ3n) is 1.72. The van der Waals surface area contributed by atoms with Gasteiger partial charge in [0.25, 0.3) is 0 Å². The van der Waals surface area contributed by atoms with Crippen LogP contribution < -0.4 is 0 Å². The Morgan fingerprint density at radius 2 is 2.17 bits per heavy atom. The lowest BCUT2D eigenvalue weighted by molar-refractivity contribution is 0.451. The minimum atomic E-state index is 0.337. The molecule has 0 aliphatic carbocycles. The van der Waals surface area contributed by atoms with E-state index in [0.29, 0.717) is 11.5 Å². The van der Waals surface area contributed by atoms with E-state index in [9.17, 15) is 0 Å². The van der Waals surface area contributed by atoms with Gasteiger partial charge in [0.15, 0.2) is 0 Å². The molecular formula is C8H9N3O.